The Morgan fingerprint density at radius 1 is 1.19 bits per heavy atom. The number of hydrogen-bond acceptors (Lipinski definition) is 6. The van der Waals surface area contributed by atoms with Crippen LogP contribution in [0.25, 0.3) is 11.5 Å². The minimum Gasteiger partial charge on any atom is -0.421 e. The highest BCUT2D eigenvalue weighted by Crippen LogP contribution is 2.23. The molecule has 132 valence electrons. The second-order valence-corrected chi connectivity index (χ2v) is 5.73. The van der Waals surface area contributed by atoms with Gasteiger partial charge < -0.3 is 9.73 Å². The summed E-state index contributed by atoms with van der Waals surface area (Å²) >= 11 is 5.74. The minimum absolute atomic E-state index is 0.0603. The zero-order chi connectivity index (χ0) is 18.5. The van der Waals surface area contributed by atoms with E-state index in [-0.39, 0.29) is 22.8 Å². The van der Waals surface area contributed by atoms with Crippen molar-refractivity contribution < 1.29 is 14.1 Å². The summed E-state index contributed by atoms with van der Waals surface area (Å²) in [6.07, 6.45) is 0.299. The van der Waals surface area contributed by atoms with Crippen molar-refractivity contribution in [2.45, 2.75) is 6.42 Å². The molecule has 26 heavy (non-hydrogen) atoms. The lowest BCUT2D eigenvalue weighted by molar-refractivity contribution is -0.385. The Balaban J connectivity index is 1.61. The topological polar surface area (TPSA) is 111 Å². The molecular weight excluding hydrogens is 360 g/mol. The summed E-state index contributed by atoms with van der Waals surface area (Å²) < 4.78 is 5.54. The Labute approximate surface area is 153 Å². The van der Waals surface area contributed by atoms with Gasteiger partial charge in [0, 0.05) is 29.6 Å². The number of amides is 1. The summed E-state index contributed by atoms with van der Waals surface area (Å²) in [6, 6.07) is 13.2. The van der Waals surface area contributed by atoms with E-state index >= 15 is 0 Å². The van der Waals surface area contributed by atoms with Crippen LogP contribution in [-0.4, -0.2) is 27.6 Å². The molecule has 0 unspecified atom stereocenters. The Morgan fingerprint density at radius 3 is 2.69 bits per heavy atom. The lowest BCUT2D eigenvalue weighted by Gasteiger charge is -2.05. The molecule has 0 bridgehead atoms. The molecule has 2 aromatic carbocycles. The van der Waals surface area contributed by atoms with Crippen molar-refractivity contribution >= 4 is 23.2 Å². The van der Waals surface area contributed by atoms with Gasteiger partial charge in [-0.05, 0) is 24.3 Å². The normalized spacial score (nSPS) is 10.5. The summed E-state index contributed by atoms with van der Waals surface area (Å²) in [5.41, 5.74) is 0.390. The fourth-order valence-electron chi connectivity index (χ4n) is 2.28. The number of nitrogens with zero attached hydrogens (tertiary/aromatic N) is 3. The smallest absolute Gasteiger partial charge is 0.283 e. The summed E-state index contributed by atoms with van der Waals surface area (Å²) in [5.74, 6) is 0.172. The molecule has 9 heteroatoms. The fourth-order valence-corrected chi connectivity index (χ4v) is 2.44. The number of carbonyl (C=O) groups is 1. The lowest BCUT2D eigenvalue weighted by Crippen LogP contribution is -2.26. The third-order valence-corrected chi connectivity index (χ3v) is 3.75. The number of benzene rings is 2. The molecule has 3 aromatic rings. The first kappa shape index (κ1) is 17.6. The molecule has 0 aliphatic rings. The average Bonchev–Trinajstić information content (AvgIpc) is 3.11. The Kier molecular flexibility index (Phi) is 5.23. The van der Waals surface area contributed by atoms with Crippen molar-refractivity contribution in [1.82, 2.24) is 15.5 Å². The lowest BCUT2D eigenvalue weighted by atomic mass is 10.1. The standard InChI is InChI=1S/C17H13ClN4O4/c18-12-6-7-13(14(10-12)22(24)25)16(23)19-9-8-15-20-21-17(26-15)11-4-2-1-3-5-11/h1-7,10H,8-9H2,(H,19,23). The first-order valence-electron chi connectivity index (χ1n) is 7.64. The van der Waals surface area contributed by atoms with Gasteiger partial charge in [0.25, 0.3) is 11.6 Å². The second kappa shape index (κ2) is 7.75. The van der Waals surface area contributed by atoms with Crippen LogP contribution in [0.5, 0.6) is 0 Å². The van der Waals surface area contributed by atoms with Crippen LogP contribution in [0.1, 0.15) is 16.2 Å². The van der Waals surface area contributed by atoms with Crippen LogP contribution < -0.4 is 5.32 Å². The van der Waals surface area contributed by atoms with Gasteiger partial charge >= 0.3 is 0 Å². The van der Waals surface area contributed by atoms with Crippen molar-refractivity contribution in [3.63, 3.8) is 0 Å². The van der Waals surface area contributed by atoms with Gasteiger partial charge in [0.2, 0.25) is 11.8 Å². The predicted molar refractivity (Wildman–Crippen MR) is 93.9 cm³/mol. The molecule has 0 radical (unpaired) electrons. The van der Waals surface area contributed by atoms with Crippen molar-refractivity contribution in [2.75, 3.05) is 6.54 Å². The predicted octanol–water partition coefficient (Wildman–Crippen LogP) is 3.27. The van der Waals surface area contributed by atoms with Gasteiger partial charge in [0.15, 0.2) is 0 Å². The molecule has 0 saturated carbocycles. The molecule has 0 spiro atoms. The number of hydrogen-bond donors (Lipinski definition) is 1. The Hall–Kier alpha value is -3.26. The van der Waals surface area contributed by atoms with E-state index in [2.05, 4.69) is 15.5 Å². The van der Waals surface area contributed by atoms with Crippen LogP contribution in [0.15, 0.2) is 52.9 Å². The average molecular weight is 373 g/mol. The number of aromatic nitrogens is 2. The number of halogens is 1. The highest BCUT2D eigenvalue weighted by molar-refractivity contribution is 6.31. The van der Waals surface area contributed by atoms with Crippen LogP contribution in [-0.2, 0) is 6.42 Å². The van der Waals surface area contributed by atoms with Gasteiger partial charge in [0.05, 0.1) is 4.92 Å². The highest BCUT2D eigenvalue weighted by atomic mass is 35.5. The van der Waals surface area contributed by atoms with Gasteiger partial charge in [-0.2, -0.15) is 0 Å². The van der Waals surface area contributed by atoms with Gasteiger partial charge in [0.1, 0.15) is 5.56 Å². The Morgan fingerprint density at radius 2 is 1.96 bits per heavy atom. The summed E-state index contributed by atoms with van der Waals surface area (Å²) in [7, 11) is 0. The zero-order valence-corrected chi connectivity index (χ0v) is 14.1. The molecule has 0 atom stereocenters. The molecular formula is C17H13ClN4O4. The van der Waals surface area contributed by atoms with E-state index in [1.54, 1.807) is 0 Å². The van der Waals surface area contributed by atoms with Crippen LogP contribution in [0, 0.1) is 10.1 Å². The molecule has 1 N–H and O–H groups in total. The highest BCUT2D eigenvalue weighted by Gasteiger charge is 2.20. The summed E-state index contributed by atoms with van der Waals surface area (Å²) in [5, 5.41) is 21.7. The largest absolute Gasteiger partial charge is 0.421 e. The van der Waals surface area contributed by atoms with Gasteiger partial charge in [-0.15, -0.1) is 10.2 Å². The van der Waals surface area contributed by atoms with E-state index in [0.29, 0.717) is 18.2 Å². The number of carbonyl (C=O) groups excluding carboxylic acids is 1. The number of nitro benzene ring substituents is 1. The maximum Gasteiger partial charge on any atom is 0.283 e. The van der Waals surface area contributed by atoms with Crippen molar-refractivity contribution in [1.29, 1.82) is 0 Å². The van der Waals surface area contributed by atoms with Crippen LogP contribution in [0.3, 0.4) is 0 Å². The first-order chi connectivity index (χ1) is 12.5. The third-order valence-electron chi connectivity index (χ3n) is 3.51. The first-order valence-corrected chi connectivity index (χ1v) is 8.02. The van der Waals surface area contributed by atoms with E-state index in [4.69, 9.17) is 16.0 Å². The number of nitro groups is 1. The molecule has 0 aliphatic heterocycles. The second-order valence-electron chi connectivity index (χ2n) is 5.29. The number of rotatable bonds is 6. The molecule has 3 rings (SSSR count). The maximum atomic E-state index is 12.2. The summed E-state index contributed by atoms with van der Waals surface area (Å²) in [6.45, 7) is 0.190. The maximum absolute atomic E-state index is 12.2. The summed E-state index contributed by atoms with van der Waals surface area (Å²) in [4.78, 5) is 22.6. The molecule has 0 aliphatic carbocycles. The van der Waals surface area contributed by atoms with Crippen molar-refractivity contribution in [3.05, 3.63) is 75.1 Å². The zero-order valence-electron chi connectivity index (χ0n) is 13.4. The van der Waals surface area contributed by atoms with Crippen LogP contribution in [0.4, 0.5) is 5.69 Å². The number of nitrogens with one attached hydrogen (secondary N) is 1. The van der Waals surface area contributed by atoms with E-state index in [9.17, 15) is 14.9 Å². The monoisotopic (exact) mass is 372 g/mol. The SMILES string of the molecule is O=C(NCCc1nnc(-c2ccccc2)o1)c1ccc(Cl)cc1[N+](=O)[O-]. The molecule has 8 nitrogen and oxygen atoms in total. The van der Waals surface area contributed by atoms with Crippen LogP contribution >= 0.6 is 11.6 Å². The van der Waals surface area contributed by atoms with E-state index in [0.717, 1.165) is 11.6 Å². The quantitative estimate of drug-likeness (QED) is 0.525. The minimum atomic E-state index is -0.648. The van der Waals surface area contributed by atoms with E-state index < -0.39 is 10.8 Å². The van der Waals surface area contributed by atoms with E-state index in [1.165, 1.54) is 12.1 Å². The van der Waals surface area contributed by atoms with E-state index in [1.807, 2.05) is 30.3 Å². The van der Waals surface area contributed by atoms with Crippen molar-refractivity contribution in [2.24, 2.45) is 0 Å². The molecule has 0 fully saturated rings. The molecule has 1 aromatic heterocycles. The fraction of sp³-hybridized carbons (Fsp3) is 0.118. The van der Waals surface area contributed by atoms with Gasteiger partial charge in [-0.3, -0.25) is 14.9 Å². The Bertz CT molecular complexity index is 943. The van der Waals surface area contributed by atoms with Gasteiger partial charge in [-0.1, -0.05) is 29.8 Å². The molecule has 0 saturated heterocycles. The van der Waals surface area contributed by atoms with Crippen LogP contribution in [0.2, 0.25) is 5.02 Å². The third kappa shape index (κ3) is 4.04. The molecule has 1 heterocycles. The molecule has 1 amide bonds. The van der Waals surface area contributed by atoms with Crippen molar-refractivity contribution in [3.8, 4) is 11.5 Å². The van der Waals surface area contributed by atoms with Gasteiger partial charge in [-0.25, -0.2) is 0 Å².